The van der Waals surface area contributed by atoms with E-state index in [2.05, 4.69) is 36.6 Å². The smallest absolute Gasteiger partial charge is 0.339 e. The second-order valence-corrected chi connectivity index (χ2v) is 11.9. The zero-order valence-electron chi connectivity index (χ0n) is 23.5. The number of halogens is 4. The van der Waals surface area contributed by atoms with E-state index in [-0.39, 0.29) is 41.4 Å². The lowest BCUT2D eigenvalue weighted by Gasteiger charge is -2.35. The van der Waals surface area contributed by atoms with Crippen molar-refractivity contribution in [2.24, 2.45) is 24.8 Å². The van der Waals surface area contributed by atoms with Crippen LogP contribution in [0, 0.1) is 17.8 Å². The van der Waals surface area contributed by atoms with Gasteiger partial charge in [0.1, 0.15) is 0 Å². The van der Waals surface area contributed by atoms with Gasteiger partial charge in [0.2, 0.25) is 5.91 Å². The zero-order valence-corrected chi connectivity index (χ0v) is 25.1. The fraction of sp³-hybridized carbons (Fsp3) is 0.464. The van der Waals surface area contributed by atoms with Crippen molar-refractivity contribution in [3.8, 4) is 11.3 Å². The van der Waals surface area contributed by atoms with Crippen LogP contribution in [0.3, 0.4) is 0 Å². The van der Waals surface area contributed by atoms with E-state index in [1.807, 2.05) is 4.90 Å². The number of alkyl halides is 3. The van der Waals surface area contributed by atoms with Crippen molar-refractivity contribution in [2.75, 3.05) is 44.6 Å². The molecule has 43 heavy (non-hydrogen) atoms. The third kappa shape index (κ3) is 5.44. The summed E-state index contributed by atoms with van der Waals surface area (Å²) in [5.41, 5.74) is -0.353. The number of hydrogen-bond acceptors (Lipinski definition) is 6. The van der Waals surface area contributed by atoms with Gasteiger partial charge in [-0.3, -0.25) is 19.1 Å². The number of piperidine rings is 1. The lowest BCUT2D eigenvalue weighted by Crippen LogP contribution is -2.51. The number of anilines is 1. The molecule has 1 unspecified atom stereocenters. The van der Waals surface area contributed by atoms with Crippen LogP contribution in [0.15, 0.2) is 35.1 Å². The number of imidazole rings is 1. The molecule has 11 nitrogen and oxygen atoms in total. The van der Waals surface area contributed by atoms with Crippen molar-refractivity contribution >= 4 is 39.3 Å². The maximum atomic E-state index is 13.6. The molecule has 1 aliphatic carbocycles. The SMILES string of the molecule is CCn1cc(-c2cnc(C(=O)Nc3ccc(C(=O)N4CCN(C(=O)C5[C@H]6CNC[C@@H]56)CC4)c(Br)c3)n2C)c(C(F)(F)F)n1. The number of carbonyl (C=O) groups is 3. The molecule has 2 aliphatic heterocycles. The number of nitrogens with one attached hydrogen (secondary N) is 2. The van der Waals surface area contributed by atoms with Crippen LogP contribution >= 0.6 is 15.9 Å². The van der Waals surface area contributed by atoms with Gasteiger partial charge >= 0.3 is 6.18 Å². The van der Waals surface area contributed by atoms with Crippen molar-refractivity contribution < 1.29 is 27.6 Å². The fourth-order valence-electron chi connectivity index (χ4n) is 6.10. The molecule has 6 rings (SSSR count). The minimum atomic E-state index is -4.67. The number of hydrogen-bond donors (Lipinski definition) is 2. The Hall–Kier alpha value is -3.72. The summed E-state index contributed by atoms with van der Waals surface area (Å²) in [5.74, 6) is 0.307. The summed E-state index contributed by atoms with van der Waals surface area (Å²) in [6, 6.07) is 4.75. The number of fused-ring (bicyclic) bond motifs is 1. The molecule has 0 radical (unpaired) electrons. The van der Waals surface area contributed by atoms with Crippen LogP contribution in [0.4, 0.5) is 18.9 Å². The number of rotatable bonds is 6. The largest absolute Gasteiger partial charge is 0.435 e. The average Bonchev–Trinajstić information content (AvgIpc) is 3.37. The number of amides is 3. The topological polar surface area (TPSA) is 117 Å². The Morgan fingerprint density at radius 2 is 1.77 bits per heavy atom. The van der Waals surface area contributed by atoms with Crippen LogP contribution < -0.4 is 10.6 Å². The predicted molar refractivity (Wildman–Crippen MR) is 153 cm³/mol. The Morgan fingerprint density at radius 3 is 2.40 bits per heavy atom. The molecular weight excluding hydrogens is 633 g/mol. The zero-order chi connectivity index (χ0) is 30.6. The lowest BCUT2D eigenvalue weighted by atomic mass is 10.1. The number of benzene rings is 1. The Bertz CT molecular complexity index is 1580. The summed E-state index contributed by atoms with van der Waals surface area (Å²) in [6.45, 7) is 5.59. The van der Waals surface area contributed by atoms with Crippen LogP contribution in [0.1, 0.15) is 33.6 Å². The first-order valence-corrected chi connectivity index (χ1v) is 14.8. The van der Waals surface area contributed by atoms with Crippen molar-refractivity contribution in [1.29, 1.82) is 0 Å². The van der Waals surface area contributed by atoms with Crippen molar-refractivity contribution in [3.05, 3.63) is 52.1 Å². The Kier molecular flexibility index (Phi) is 7.57. The number of aromatic nitrogens is 4. The Morgan fingerprint density at radius 1 is 1.09 bits per heavy atom. The predicted octanol–water partition coefficient (Wildman–Crippen LogP) is 3.09. The standard InChI is InChI=1S/C28H30BrF3N8O3/c1-3-40-14-19(23(36-40)28(30,31)32)21-13-34-24(37(21)2)25(41)35-15-4-5-16(20(29)10-15)26(42)38-6-8-39(9-7-38)27(43)22-17-11-33-12-18(17)22/h4-5,10,13-14,17-18,22,33H,3,6-9,11-12H2,1-2H3,(H,35,41)/t17-,18+,22?. The van der Waals surface area contributed by atoms with E-state index >= 15 is 0 Å². The summed E-state index contributed by atoms with van der Waals surface area (Å²) in [4.78, 5) is 46.8. The summed E-state index contributed by atoms with van der Waals surface area (Å²) in [5, 5.41) is 9.63. The third-order valence-electron chi connectivity index (χ3n) is 8.53. The van der Waals surface area contributed by atoms with Gasteiger partial charge in [0.25, 0.3) is 11.8 Å². The first-order valence-electron chi connectivity index (χ1n) is 14.0. The molecule has 3 aromatic rings. The van der Waals surface area contributed by atoms with E-state index in [0.717, 1.165) is 13.1 Å². The van der Waals surface area contributed by atoms with Crippen LogP contribution in [0.2, 0.25) is 0 Å². The molecule has 0 bridgehead atoms. The van der Waals surface area contributed by atoms with Gasteiger partial charge in [0.05, 0.1) is 23.0 Å². The Balaban J connectivity index is 1.10. The van der Waals surface area contributed by atoms with E-state index in [1.54, 1.807) is 30.0 Å². The van der Waals surface area contributed by atoms with E-state index in [4.69, 9.17) is 0 Å². The van der Waals surface area contributed by atoms with Crippen LogP contribution in [-0.4, -0.2) is 86.1 Å². The van der Waals surface area contributed by atoms with Gasteiger partial charge in [0, 0.05) is 62.0 Å². The molecule has 2 saturated heterocycles. The second-order valence-electron chi connectivity index (χ2n) is 11.0. The molecule has 3 fully saturated rings. The lowest BCUT2D eigenvalue weighted by molar-refractivity contribution is -0.141. The van der Waals surface area contributed by atoms with Crippen molar-refractivity contribution in [1.82, 2.24) is 34.4 Å². The molecule has 1 aromatic carbocycles. The molecule has 228 valence electrons. The number of piperazine rings is 1. The molecule has 4 heterocycles. The summed E-state index contributed by atoms with van der Waals surface area (Å²) >= 11 is 3.43. The van der Waals surface area contributed by atoms with E-state index < -0.39 is 17.8 Å². The highest BCUT2D eigenvalue weighted by atomic mass is 79.9. The molecule has 2 aromatic heterocycles. The van der Waals surface area contributed by atoms with Crippen molar-refractivity contribution in [3.63, 3.8) is 0 Å². The van der Waals surface area contributed by atoms with E-state index in [9.17, 15) is 27.6 Å². The molecular formula is C28H30BrF3N8O3. The summed E-state index contributed by atoms with van der Waals surface area (Å²) in [7, 11) is 1.46. The monoisotopic (exact) mass is 662 g/mol. The summed E-state index contributed by atoms with van der Waals surface area (Å²) < 4.78 is 43.7. The second kappa shape index (κ2) is 11.1. The highest BCUT2D eigenvalue weighted by Gasteiger charge is 2.58. The third-order valence-corrected chi connectivity index (χ3v) is 9.19. The molecule has 3 amide bonds. The summed E-state index contributed by atoms with van der Waals surface area (Å²) in [6.07, 6.45) is -2.19. The van der Waals surface area contributed by atoms with Gasteiger partial charge in [-0.05, 0) is 66.0 Å². The Labute approximate surface area is 253 Å². The molecule has 15 heteroatoms. The van der Waals surface area contributed by atoms with Gasteiger partial charge in [-0.15, -0.1) is 0 Å². The quantitative estimate of drug-likeness (QED) is 0.419. The average molecular weight is 663 g/mol. The van der Waals surface area contributed by atoms with Crippen LogP contribution in [0.25, 0.3) is 11.3 Å². The number of nitrogens with zero attached hydrogens (tertiary/aromatic N) is 6. The molecule has 2 N–H and O–H groups in total. The molecule has 0 spiro atoms. The molecule has 3 atom stereocenters. The molecule has 3 aliphatic rings. The van der Waals surface area contributed by atoms with Crippen LogP contribution in [0.5, 0.6) is 0 Å². The minimum Gasteiger partial charge on any atom is -0.339 e. The van der Waals surface area contributed by atoms with Crippen LogP contribution in [-0.2, 0) is 24.6 Å². The molecule has 1 saturated carbocycles. The van der Waals surface area contributed by atoms with Gasteiger partial charge in [-0.25, -0.2) is 4.98 Å². The first-order chi connectivity index (χ1) is 20.5. The maximum Gasteiger partial charge on any atom is 0.435 e. The number of aryl methyl sites for hydroxylation is 1. The minimum absolute atomic E-state index is 0.0952. The van der Waals surface area contributed by atoms with Gasteiger partial charge in [-0.1, -0.05) is 0 Å². The van der Waals surface area contributed by atoms with Gasteiger partial charge in [-0.2, -0.15) is 18.3 Å². The number of carbonyl (C=O) groups excluding carboxylic acids is 3. The normalized spacial score (nSPS) is 21.6. The van der Waals surface area contributed by atoms with Gasteiger partial charge in [0.15, 0.2) is 11.5 Å². The van der Waals surface area contributed by atoms with Gasteiger partial charge < -0.3 is 25.0 Å². The highest BCUT2D eigenvalue weighted by Crippen LogP contribution is 2.49. The maximum absolute atomic E-state index is 13.6. The van der Waals surface area contributed by atoms with E-state index in [0.29, 0.717) is 53.7 Å². The van der Waals surface area contributed by atoms with Crippen molar-refractivity contribution in [2.45, 2.75) is 19.6 Å². The highest BCUT2D eigenvalue weighted by molar-refractivity contribution is 9.10. The fourth-order valence-corrected chi connectivity index (χ4v) is 6.65. The van der Waals surface area contributed by atoms with E-state index in [1.165, 1.54) is 28.7 Å². The first kappa shape index (κ1) is 29.4.